The van der Waals surface area contributed by atoms with Crippen LogP contribution in [0.2, 0.25) is 0 Å². The van der Waals surface area contributed by atoms with Gasteiger partial charge in [0.2, 0.25) is 12.6 Å². The van der Waals surface area contributed by atoms with Crippen LogP contribution in [0.5, 0.6) is 11.5 Å². The first-order valence-electron chi connectivity index (χ1n) is 11.1. The number of carbonyl (C=O) groups excluding carboxylic acids is 2. The van der Waals surface area contributed by atoms with Crippen molar-refractivity contribution >= 4 is 75.7 Å². The van der Waals surface area contributed by atoms with E-state index in [1.54, 1.807) is 27.7 Å². The maximum Gasteiger partial charge on any atom is 0.336 e. The van der Waals surface area contributed by atoms with Crippen molar-refractivity contribution in [3.63, 3.8) is 0 Å². The second-order valence-corrected chi connectivity index (χ2v) is 12.3. The first-order chi connectivity index (χ1) is 17.0. The molecule has 2 aromatic carbocycles. The molecule has 0 aromatic heterocycles. The molecule has 0 saturated heterocycles. The molecule has 2 rings (SSSR count). The summed E-state index contributed by atoms with van der Waals surface area (Å²) in [6, 6.07) is 7.83. The predicted molar refractivity (Wildman–Crippen MR) is 158 cm³/mol. The molecule has 0 fully saturated rings. The molecule has 0 aliphatic carbocycles. The molecule has 0 aliphatic rings. The summed E-state index contributed by atoms with van der Waals surface area (Å²) >= 11 is 14.3. The Morgan fingerprint density at radius 1 is 0.703 bits per heavy atom. The molecule has 2 atom stereocenters. The van der Waals surface area contributed by atoms with Crippen LogP contribution in [-0.2, 0) is 24.5 Å². The molecule has 0 bridgehead atoms. The van der Waals surface area contributed by atoms with Gasteiger partial charge in [-0.05, 0) is 113 Å². The van der Waals surface area contributed by atoms with E-state index in [1.807, 2.05) is 24.3 Å². The lowest BCUT2D eigenvalue weighted by atomic mass is 9.78. The van der Waals surface area contributed by atoms with E-state index in [0.29, 0.717) is 40.5 Å². The maximum absolute atomic E-state index is 11.8. The first-order valence-corrected chi connectivity index (χ1v) is 14.3. The van der Waals surface area contributed by atoms with Gasteiger partial charge in [-0.15, -0.1) is 0 Å². The van der Waals surface area contributed by atoms with Gasteiger partial charge in [-0.2, -0.15) is 0 Å². The third-order valence-electron chi connectivity index (χ3n) is 5.25. The van der Waals surface area contributed by atoms with E-state index in [2.05, 4.69) is 90.7 Å². The van der Waals surface area contributed by atoms with Gasteiger partial charge in [0.25, 0.3) is 0 Å². The second kappa shape index (κ2) is 13.0. The van der Waals surface area contributed by atoms with Crippen molar-refractivity contribution in [2.45, 2.75) is 59.5 Å². The summed E-state index contributed by atoms with van der Waals surface area (Å²) in [6.45, 7) is 17.8. The van der Waals surface area contributed by atoms with E-state index < -0.39 is 29.9 Å². The molecule has 200 valence electrons. The van der Waals surface area contributed by atoms with E-state index in [-0.39, 0.29) is 0 Å². The Bertz CT molecular complexity index is 1100. The highest BCUT2D eigenvalue weighted by molar-refractivity contribution is 9.11. The minimum absolute atomic E-state index is 0.293. The highest BCUT2D eigenvalue weighted by Crippen LogP contribution is 2.44. The molecule has 0 amide bonds. The zero-order valence-electron chi connectivity index (χ0n) is 21.3. The van der Waals surface area contributed by atoms with Crippen molar-refractivity contribution in [3.8, 4) is 11.5 Å². The monoisotopic (exact) mass is 764 g/mol. The van der Waals surface area contributed by atoms with E-state index in [4.69, 9.17) is 18.9 Å². The highest BCUT2D eigenvalue weighted by atomic mass is 79.9. The molecular formula is C27H28Br4O6. The quantitative estimate of drug-likeness (QED) is 0.137. The van der Waals surface area contributed by atoms with Gasteiger partial charge in [0.15, 0.2) is 11.5 Å². The topological polar surface area (TPSA) is 71.1 Å². The standard InChI is InChI=1S/C27H28Br4O6/c1-13(2)25(32)36-15(5)34-23-19(28)9-17(10-20(23)29)27(7,8)18-11-21(30)24(22(31)12-18)35-16(6)37-26(33)14(3)4/h9-12,15-16H,1,3H2,2,4-8H3. The Morgan fingerprint density at radius 3 is 1.22 bits per heavy atom. The van der Waals surface area contributed by atoms with Crippen molar-refractivity contribution < 1.29 is 28.5 Å². The van der Waals surface area contributed by atoms with Gasteiger partial charge in [0.05, 0.1) is 17.9 Å². The van der Waals surface area contributed by atoms with Crippen molar-refractivity contribution in [1.82, 2.24) is 0 Å². The summed E-state index contributed by atoms with van der Waals surface area (Å²) in [7, 11) is 0. The van der Waals surface area contributed by atoms with Crippen molar-refractivity contribution in [2.75, 3.05) is 0 Å². The largest absolute Gasteiger partial charge is 0.453 e. The lowest BCUT2D eigenvalue weighted by molar-refractivity contribution is -0.157. The minimum atomic E-state index is -0.813. The molecule has 2 aromatic rings. The minimum Gasteiger partial charge on any atom is -0.453 e. The molecule has 0 radical (unpaired) electrons. The third kappa shape index (κ3) is 8.18. The Hall–Kier alpha value is -1.62. The molecule has 6 nitrogen and oxygen atoms in total. The lowest BCUT2D eigenvalue weighted by Gasteiger charge is -2.29. The fourth-order valence-electron chi connectivity index (χ4n) is 3.12. The summed E-state index contributed by atoms with van der Waals surface area (Å²) in [4.78, 5) is 23.6. The van der Waals surface area contributed by atoms with Gasteiger partial charge in [-0.1, -0.05) is 27.0 Å². The molecule has 0 heterocycles. The van der Waals surface area contributed by atoms with Gasteiger partial charge in [-0.25, -0.2) is 9.59 Å². The normalized spacial score (nSPS) is 12.8. The van der Waals surface area contributed by atoms with Crippen molar-refractivity contribution in [3.05, 3.63) is 77.6 Å². The van der Waals surface area contributed by atoms with Crippen molar-refractivity contribution in [2.24, 2.45) is 0 Å². The number of hydrogen-bond donors (Lipinski definition) is 0. The third-order valence-corrected chi connectivity index (χ3v) is 7.61. The number of carbonyl (C=O) groups is 2. The summed E-state index contributed by atoms with van der Waals surface area (Å²) in [5, 5.41) is 0. The average molecular weight is 768 g/mol. The second-order valence-electron chi connectivity index (χ2n) is 8.91. The fraction of sp³-hybridized carbons (Fsp3) is 0.333. The van der Waals surface area contributed by atoms with Crippen LogP contribution >= 0.6 is 63.7 Å². The van der Waals surface area contributed by atoms with Gasteiger partial charge in [0.1, 0.15) is 0 Å². The van der Waals surface area contributed by atoms with Crippen LogP contribution in [0.4, 0.5) is 0 Å². The van der Waals surface area contributed by atoms with E-state index in [1.165, 1.54) is 0 Å². The van der Waals surface area contributed by atoms with Crippen LogP contribution < -0.4 is 9.47 Å². The van der Waals surface area contributed by atoms with Crippen LogP contribution in [0.3, 0.4) is 0 Å². The van der Waals surface area contributed by atoms with Gasteiger partial charge in [0, 0.05) is 30.4 Å². The number of rotatable bonds is 10. The number of esters is 2. The van der Waals surface area contributed by atoms with Gasteiger partial charge in [-0.3, -0.25) is 0 Å². The fourth-order valence-corrected chi connectivity index (χ4v) is 5.86. The average Bonchev–Trinajstić information content (AvgIpc) is 2.77. The molecule has 0 N–H and O–H groups in total. The van der Waals surface area contributed by atoms with E-state index in [0.717, 1.165) is 11.1 Å². The van der Waals surface area contributed by atoms with E-state index in [9.17, 15) is 9.59 Å². The Labute approximate surface area is 251 Å². The van der Waals surface area contributed by atoms with Crippen molar-refractivity contribution in [1.29, 1.82) is 0 Å². The summed E-state index contributed by atoms with van der Waals surface area (Å²) in [6.07, 6.45) is -1.63. The lowest BCUT2D eigenvalue weighted by Crippen LogP contribution is -2.23. The van der Waals surface area contributed by atoms with Crippen LogP contribution in [0.25, 0.3) is 0 Å². The first kappa shape index (κ1) is 31.6. The number of benzene rings is 2. The van der Waals surface area contributed by atoms with Crippen LogP contribution in [0.1, 0.15) is 52.7 Å². The van der Waals surface area contributed by atoms with Crippen LogP contribution in [0, 0.1) is 0 Å². The molecule has 37 heavy (non-hydrogen) atoms. The maximum atomic E-state index is 11.8. The van der Waals surface area contributed by atoms with Gasteiger partial charge < -0.3 is 18.9 Å². The summed E-state index contributed by atoms with van der Waals surface area (Å²) in [5.41, 5.74) is 2.12. The Kier molecular flexibility index (Phi) is 11.1. The van der Waals surface area contributed by atoms with Crippen LogP contribution in [0.15, 0.2) is 66.5 Å². The zero-order valence-corrected chi connectivity index (χ0v) is 27.7. The number of halogens is 4. The Balaban J connectivity index is 2.32. The summed E-state index contributed by atoms with van der Waals surface area (Å²) < 4.78 is 24.9. The van der Waals surface area contributed by atoms with E-state index >= 15 is 0 Å². The number of hydrogen-bond acceptors (Lipinski definition) is 6. The smallest absolute Gasteiger partial charge is 0.336 e. The molecule has 2 unspecified atom stereocenters. The number of ether oxygens (including phenoxy) is 4. The molecule has 0 aliphatic heterocycles. The molecule has 0 spiro atoms. The van der Waals surface area contributed by atoms with Gasteiger partial charge >= 0.3 is 11.9 Å². The molecule has 10 heteroatoms. The SMILES string of the molecule is C=C(C)C(=O)OC(C)Oc1c(Br)cc(C(C)(C)c2cc(Br)c(OC(C)OC(=O)C(=C)C)c(Br)c2)cc1Br. The summed E-state index contributed by atoms with van der Waals surface area (Å²) in [5.74, 6) is -0.0363. The molecule has 0 saturated carbocycles. The zero-order chi connectivity index (χ0) is 28.2. The predicted octanol–water partition coefficient (Wildman–Crippen LogP) is 8.75. The van der Waals surface area contributed by atoms with Crippen LogP contribution in [-0.4, -0.2) is 24.5 Å². The molecular weight excluding hydrogens is 740 g/mol. The Morgan fingerprint density at radius 2 is 0.973 bits per heavy atom. The highest BCUT2D eigenvalue weighted by Gasteiger charge is 2.28.